The fraction of sp³-hybridized carbons (Fsp3) is 0.333. The average Bonchev–Trinajstić information content (AvgIpc) is 2.70. The highest BCUT2D eigenvalue weighted by Gasteiger charge is 2.16. The average molecular weight is 368 g/mol. The molecule has 5 heteroatoms. The molecule has 0 amide bonds. The van der Waals surface area contributed by atoms with Gasteiger partial charge in [0.25, 0.3) is 0 Å². The Kier molecular flexibility index (Phi) is 6.86. The molecule has 0 N–H and O–H groups in total. The summed E-state index contributed by atoms with van der Waals surface area (Å²) in [5, 5.41) is 1.02. The van der Waals surface area contributed by atoms with Crippen molar-refractivity contribution in [3.63, 3.8) is 0 Å². The van der Waals surface area contributed by atoms with Crippen molar-refractivity contribution in [2.75, 3.05) is 32.1 Å². The van der Waals surface area contributed by atoms with Gasteiger partial charge in [-0.3, -0.25) is 0 Å². The zero-order chi connectivity index (χ0) is 18.2. The van der Waals surface area contributed by atoms with Crippen molar-refractivity contribution < 1.29 is 4.74 Å². The molecule has 1 aliphatic heterocycles. The quantitative estimate of drug-likeness (QED) is 0.591. The van der Waals surface area contributed by atoms with E-state index in [1.807, 2.05) is 30.3 Å². The SMILES string of the molecule is CCSC(=NC(=Nc1ccc(C)cc1)c1ccccc1)N1CCOCC1. The van der Waals surface area contributed by atoms with Gasteiger partial charge in [-0.25, -0.2) is 9.98 Å². The lowest BCUT2D eigenvalue weighted by Gasteiger charge is -2.29. The smallest absolute Gasteiger partial charge is 0.166 e. The molecule has 2 aromatic carbocycles. The Morgan fingerprint density at radius 3 is 2.38 bits per heavy atom. The van der Waals surface area contributed by atoms with Gasteiger partial charge in [-0.15, -0.1) is 0 Å². The summed E-state index contributed by atoms with van der Waals surface area (Å²) in [5.41, 5.74) is 3.17. The predicted octanol–water partition coefficient (Wildman–Crippen LogP) is 4.51. The van der Waals surface area contributed by atoms with E-state index < -0.39 is 0 Å². The number of aryl methyl sites for hydroxylation is 1. The first-order chi connectivity index (χ1) is 12.8. The van der Waals surface area contributed by atoms with Crippen LogP contribution in [-0.2, 0) is 4.74 Å². The van der Waals surface area contributed by atoms with E-state index in [2.05, 4.69) is 43.0 Å². The fourth-order valence-electron chi connectivity index (χ4n) is 2.65. The van der Waals surface area contributed by atoms with Crippen molar-refractivity contribution in [3.05, 3.63) is 65.7 Å². The Morgan fingerprint density at radius 2 is 1.73 bits per heavy atom. The number of hydrogen-bond acceptors (Lipinski definition) is 3. The molecule has 4 nitrogen and oxygen atoms in total. The molecule has 0 saturated carbocycles. The van der Waals surface area contributed by atoms with E-state index in [0.29, 0.717) is 0 Å². The van der Waals surface area contributed by atoms with Crippen LogP contribution >= 0.6 is 11.8 Å². The number of benzene rings is 2. The summed E-state index contributed by atoms with van der Waals surface area (Å²) in [4.78, 5) is 12.1. The molecule has 0 radical (unpaired) electrons. The molecule has 1 saturated heterocycles. The second-order valence-electron chi connectivity index (χ2n) is 6.06. The molecular weight excluding hydrogens is 342 g/mol. The lowest BCUT2D eigenvalue weighted by atomic mass is 10.2. The van der Waals surface area contributed by atoms with Gasteiger partial charge in [-0.1, -0.05) is 66.7 Å². The molecule has 1 heterocycles. The van der Waals surface area contributed by atoms with Crippen LogP contribution in [0.4, 0.5) is 5.69 Å². The maximum atomic E-state index is 5.49. The molecule has 0 atom stereocenters. The minimum atomic E-state index is 0.747. The summed E-state index contributed by atoms with van der Waals surface area (Å²) in [6.07, 6.45) is 0. The van der Waals surface area contributed by atoms with E-state index in [0.717, 1.165) is 54.3 Å². The summed E-state index contributed by atoms with van der Waals surface area (Å²) in [6, 6.07) is 18.4. The standard InChI is InChI=1S/C21H25N3OS/c1-3-26-21(24-13-15-25-16-14-24)23-20(18-7-5-4-6-8-18)22-19-11-9-17(2)10-12-19/h4-12H,3,13-16H2,1-2H3. The molecule has 3 rings (SSSR count). The first-order valence-corrected chi connectivity index (χ1v) is 10.00. The third kappa shape index (κ3) is 5.19. The topological polar surface area (TPSA) is 37.2 Å². The summed E-state index contributed by atoms with van der Waals surface area (Å²) in [5.74, 6) is 1.72. The molecule has 0 bridgehead atoms. The Morgan fingerprint density at radius 1 is 1.04 bits per heavy atom. The zero-order valence-corrected chi connectivity index (χ0v) is 16.2. The number of nitrogens with zero attached hydrogens (tertiary/aromatic N) is 3. The van der Waals surface area contributed by atoms with Gasteiger partial charge in [0.05, 0.1) is 18.9 Å². The number of ether oxygens (including phenoxy) is 1. The van der Waals surface area contributed by atoms with Gasteiger partial charge in [0.2, 0.25) is 0 Å². The van der Waals surface area contributed by atoms with Crippen molar-refractivity contribution in [2.24, 2.45) is 9.98 Å². The van der Waals surface area contributed by atoms with Crippen LogP contribution in [0.3, 0.4) is 0 Å². The number of thioether (sulfide) groups is 1. The third-order valence-corrected chi connectivity index (χ3v) is 4.95. The lowest BCUT2D eigenvalue weighted by Crippen LogP contribution is -2.40. The van der Waals surface area contributed by atoms with Gasteiger partial charge in [-0.05, 0) is 24.8 Å². The Labute approximate surface area is 160 Å². The predicted molar refractivity (Wildman–Crippen MR) is 112 cm³/mol. The maximum Gasteiger partial charge on any atom is 0.166 e. The largest absolute Gasteiger partial charge is 0.378 e. The van der Waals surface area contributed by atoms with Gasteiger partial charge in [-0.2, -0.15) is 0 Å². The van der Waals surface area contributed by atoms with Gasteiger partial charge < -0.3 is 9.64 Å². The van der Waals surface area contributed by atoms with Gasteiger partial charge in [0.1, 0.15) is 0 Å². The minimum Gasteiger partial charge on any atom is -0.378 e. The third-order valence-electron chi connectivity index (χ3n) is 4.06. The molecule has 1 fully saturated rings. The van der Waals surface area contributed by atoms with Crippen LogP contribution in [0.1, 0.15) is 18.1 Å². The number of aliphatic imine (C=N–C) groups is 2. The van der Waals surface area contributed by atoms with Gasteiger partial charge in [0, 0.05) is 18.7 Å². The van der Waals surface area contributed by atoms with Crippen molar-refractivity contribution >= 4 is 28.5 Å². The van der Waals surface area contributed by atoms with Crippen molar-refractivity contribution in [3.8, 4) is 0 Å². The van der Waals surface area contributed by atoms with Crippen LogP contribution < -0.4 is 0 Å². The molecule has 2 aromatic rings. The Hall–Kier alpha value is -2.11. The summed E-state index contributed by atoms with van der Waals surface area (Å²) < 4.78 is 5.49. The van der Waals surface area contributed by atoms with Gasteiger partial charge in [0.15, 0.2) is 11.0 Å². The summed E-state index contributed by atoms with van der Waals surface area (Å²) in [6.45, 7) is 7.48. The molecule has 1 aliphatic rings. The Balaban J connectivity index is 1.99. The first-order valence-electron chi connectivity index (χ1n) is 9.01. The van der Waals surface area contributed by atoms with Crippen molar-refractivity contribution in [2.45, 2.75) is 13.8 Å². The number of amidine groups is 2. The fourth-order valence-corrected chi connectivity index (χ4v) is 3.43. The number of rotatable bonds is 3. The number of morpholine rings is 1. The Bertz CT molecular complexity index is 751. The van der Waals surface area contributed by atoms with Crippen LogP contribution in [-0.4, -0.2) is 48.0 Å². The molecule has 0 unspecified atom stereocenters. The van der Waals surface area contributed by atoms with E-state index in [4.69, 9.17) is 14.7 Å². The summed E-state index contributed by atoms with van der Waals surface area (Å²) >= 11 is 1.76. The molecule has 136 valence electrons. The highest BCUT2D eigenvalue weighted by molar-refractivity contribution is 8.13. The van der Waals surface area contributed by atoms with Crippen LogP contribution in [0.15, 0.2) is 64.6 Å². The second kappa shape index (κ2) is 9.55. The van der Waals surface area contributed by atoms with Crippen molar-refractivity contribution in [1.82, 2.24) is 4.90 Å². The van der Waals surface area contributed by atoms with E-state index in [9.17, 15) is 0 Å². The number of hydrogen-bond donors (Lipinski definition) is 0. The van der Waals surface area contributed by atoms with Crippen LogP contribution in [0.25, 0.3) is 0 Å². The van der Waals surface area contributed by atoms with E-state index in [-0.39, 0.29) is 0 Å². The van der Waals surface area contributed by atoms with E-state index in [1.54, 1.807) is 11.8 Å². The van der Waals surface area contributed by atoms with Gasteiger partial charge >= 0.3 is 0 Å². The maximum absolute atomic E-state index is 5.49. The van der Waals surface area contributed by atoms with Crippen LogP contribution in [0.2, 0.25) is 0 Å². The molecule has 0 aliphatic carbocycles. The molecule has 26 heavy (non-hydrogen) atoms. The van der Waals surface area contributed by atoms with Crippen molar-refractivity contribution in [1.29, 1.82) is 0 Å². The first kappa shape index (κ1) is 18.7. The molecular formula is C21H25N3OS. The normalized spacial score (nSPS) is 16.0. The molecule has 0 aromatic heterocycles. The lowest BCUT2D eigenvalue weighted by molar-refractivity contribution is 0.0694. The van der Waals surface area contributed by atoms with Crippen LogP contribution in [0, 0.1) is 6.92 Å². The van der Waals surface area contributed by atoms with E-state index >= 15 is 0 Å². The van der Waals surface area contributed by atoms with E-state index in [1.165, 1.54) is 5.56 Å². The highest BCUT2D eigenvalue weighted by atomic mass is 32.2. The summed E-state index contributed by atoms with van der Waals surface area (Å²) in [7, 11) is 0. The van der Waals surface area contributed by atoms with Crippen LogP contribution in [0.5, 0.6) is 0 Å². The monoisotopic (exact) mass is 367 g/mol. The highest BCUT2D eigenvalue weighted by Crippen LogP contribution is 2.18. The molecule has 0 spiro atoms. The zero-order valence-electron chi connectivity index (χ0n) is 15.4. The minimum absolute atomic E-state index is 0.747. The second-order valence-corrected chi connectivity index (χ2v) is 7.29.